The van der Waals surface area contributed by atoms with Gasteiger partial charge in [-0.2, -0.15) is 0 Å². The van der Waals surface area contributed by atoms with Crippen LogP contribution in [-0.2, 0) is 10.2 Å². The molecular formula is C25H34N4O2. The summed E-state index contributed by atoms with van der Waals surface area (Å²) in [7, 11) is 3.58. The number of hydrogen-bond acceptors (Lipinski definition) is 4. The number of guanidine groups is 1. The fraction of sp³-hybridized carbons (Fsp3) is 0.480. The van der Waals surface area contributed by atoms with Gasteiger partial charge in [-0.25, -0.2) is 0 Å². The Kier molecular flexibility index (Phi) is 6.97. The fourth-order valence-corrected chi connectivity index (χ4v) is 4.75. The molecule has 0 aliphatic carbocycles. The minimum absolute atomic E-state index is 0.0796. The molecule has 1 unspecified atom stereocenters. The van der Waals surface area contributed by atoms with Gasteiger partial charge < -0.3 is 25.0 Å². The Morgan fingerprint density at radius 1 is 1.13 bits per heavy atom. The van der Waals surface area contributed by atoms with Gasteiger partial charge in [-0.15, -0.1) is 0 Å². The summed E-state index contributed by atoms with van der Waals surface area (Å²) < 4.78 is 11.2. The number of hydrogen-bond donors (Lipinski definition) is 2. The third-order valence-corrected chi connectivity index (χ3v) is 6.61. The summed E-state index contributed by atoms with van der Waals surface area (Å²) in [4.78, 5) is 6.89. The zero-order valence-electron chi connectivity index (χ0n) is 18.6. The molecular weight excluding hydrogens is 388 g/mol. The first-order valence-electron chi connectivity index (χ1n) is 11.2. The zero-order chi connectivity index (χ0) is 21.5. The molecule has 0 radical (unpaired) electrons. The van der Waals surface area contributed by atoms with Crippen LogP contribution in [0.1, 0.15) is 24.8 Å². The first-order chi connectivity index (χ1) is 15.2. The molecule has 0 bridgehead atoms. The van der Waals surface area contributed by atoms with Crippen molar-refractivity contribution >= 4 is 11.6 Å². The van der Waals surface area contributed by atoms with Crippen LogP contribution in [0.2, 0.25) is 0 Å². The van der Waals surface area contributed by atoms with E-state index in [4.69, 9.17) is 9.47 Å². The van der Waals surface area contributed by atoms with Gasteiger partial charge >= 0.3 is 0 Å². The van der Waals surface area contributed by atoms with Crippen molar-refractivity contribution in [3.8, 4) is 5.75 Å². The first kappa shape index (κ1) is 21.5. The number of benzene rings is 2. The van der Waals surface area contributed by atoms with Crippen LogP contribution in [-0.4, -0.2) is 59.0 Å². The highest BCUT2D eigenvalue weighted by molar-refractivity contribution is 5.80. The second kappa shape index (κ2) is 10.1. The molecule has 2 fully saturated rings. The van der Waals surface area contributed by atoms with Crippen molar-refractivity contribution in [1.82, 2.24) is 10.6 Å². The topological polar surface area (TPSA) is 58.1 Å². The minimum atomic E-state index is 0.0796. The van der Waals surface area contributed by atoms with E-state index in [0.29, 0.717) is 6.04 Å². The average Bonchev–Trinajstić information content (AvgIpc) is 3.31. The van der Waals surface area contributed by atoms with Crippen molar-refractivity contribution in [2.24, 2.45) is 4.99 Å². The molecule has 6 heteroatoms. The molecule has 4 rings (SSSR count). The van der Waals surface area contributed by atoms with Gasteiger partial charge in [-0.3, -0.25) is 4.99 Å². The Balaban J connectivity index is 1.37. The summed E-state index contributed by atoms with van der Waals surface area (Å²) in [5.74, 6) is 1.80. The lowest BCUT2D eigenvalue weighted by Crippen LogP contribution is -2.50. The lowest BCUT2D eigenvalue weighted by atomic mass is 9.74. The van der Waals surface area contributed by atoms with E-state index in [1.807, 2.05) is 19.2 Å². The molecule has 0 aromatic heterocycles. The van der Waals surface area contributed by atoms with Gasteiger partial charge in [-0.05, 0) is 37.0 Å². The van der Waals surface area contributed by atoms with Crippen molar-refractivity contribution in [1.29, 1.82) is 0 Å². The normalized spacial score (nSPS) is 21.0. The lowest BCUT2D eigenvalue weighted by Gasteiger charge is -2.38. The number of methoxy groups -OCH3 is 1. The van der Waals surface area contributed by atoms with E-state index in [0.717, 1.165) is 69.5 Å². The monoisotopic (exact) mass is 422 g/mol. The van der Waals surface area contributed by atoms with E-state index in [-0.39, 0.29) is 5.41 Å². The third kappa shape index (κ3) is 4.96. The quantitative estimate of drug-likeness (QED) is 0.553. The predicted molar refractivity (Wildman–Crippen MR) is 126 cm³/mol. The van der Waals surface area contributed by atoms with Crippen molar-refractivity contribution in [3.63, 3.8) is 0 Å². The lowest BCUT2D eigenvalue weighted by molar-refractivity contribution is 0.0513. The molecule has 6 nitrogen and oxygen atoms in total. The summed E-state index contributed by atoms with van der Waals surface area (Å²) in [6.07, 6.45) is 3.11. The van der Waals surface area contributed by atoms with Crippen LogP contribution in [0.25, 0.3) is 0 Å². The number of nitrogens with one attached hydrogen (secondary N) is 2. The van der Waals surface area contributed by atoms with Crippen molar-refractivity contribution in [2.75, 3.05) is 51.9 Å². The van der Waals surface area contributed by atoms with Crippen LogP contribution in [0.5, 0.6) is 5.75 Å². The molecule has 0 amide bonds. The smallest absolute Gasteiger partial charge is 0.191 e. The summed E-state index contributed by atoms with van der Waals surface area (Å²) in [6.45, 7) is 4.39. The molecule has 0 saturated carbocycles. The Morgan fingerprint density at radius 2 is 1.87 bits per heavy atom. The zero-order valence-corrected chi connectivity index (χ0v) is 18.6. The van der Waals surface area contributed by atoms with Crippen molar-refractivity contribution in [2.45, 2.75) is 30.7 Å². The second-order valence-electron chi connectivity index (χ2n) is 8.43. The highest BCUT2D eigenvalue weighted by Gasteiger charge is 2.35. The first-order valence-corrected chi connectivity index (χ1v) is 11.2. The van der Waals surface area contributed by atoms with Gasteiger partial charge in [0.2, 0.25) is 0 Å². The van der Waals surface area contributed by atoms with Crippen molar-refractivity contribution < 1.29 is 9.47 Å². The molecule has 2 aromatic carbocycles. The molecule has 2 aromatic rings. The Hall–Kier alpha value is -2.73. The number of rotatable bonds is 6. The highest BCUT2D eigenvalue weighted by Crippen LogP contribution is 2.34. The molecule has 166 valence electrons. The molecule has 1 atom stereocenters. The van der Waals surface area contributed by atoms with E-state index in [1.54, 1.807) is 7.11 Å². The molecule has 2 aliphatic rings. The van der Waals surface area contributed by atoms with Crippen molar-refractivity contribution in [3.05, 3.63) is 60.2 Å². The molecule has 31 heavy (non-hydrogen) atoms. The molecule has 2 saturated heterocycles. The van der Waals surface area contributed by atoms with E-state index in [1.165, 1.54) is 5.56 Å². The minimum Gasteiger partial charge on any atom is -0.495 e. The van der Waals surface area contributed by atoms with Crippen LogP contribution in [0, 0.1) is 0 Å². The SMILES string of the molecule is CN=C(NCC1(c2ccccc2)CCOCC1)NC1CCN(c2ccccc2OC)C1. The largest absolute Gasteiger partial charge is 0.495 e. The van der Waals surface area contributed by atoms with Gasteiger partial charge in [0.25, 0.3) is 0 Å². The maximum atomic E-state index is 5.67. The van der Waals surface area contributed by atoms with E-state index >= 15 is 0 Å². The number of nitrogens with zero attached hydrogens (tertiary/aromatic N) is 2. The molecule has 2 N–H and O–H groups in total. The van der Waals surface area contributed by atoms with Crippen LogP contribution < -0.4 is 20.3 Å². The second-order valence-corrected chi connectivity index (χ2v) is 8.43. The number of ether oxygens (including phenoxy) is 2. The molecule has 0 spiro atoms. The van der Waals surface area contributed by atoms with Gasteiger partial charge in [0.05, 0.1) is 12.8 Å². The Bertz CT molecular complexity index is 865. The van der Waals surface area contributed by atoms with Gasteiger partial charge in [-0.1, -0.05) is 42.5 Å². The summed E-state index contributed by atoms with van der Waals surface area (Å²) >= 11 is 0. The Labute approximate surface area is 185 Å². The molecule has 2 heterocycles. The highest BCUT2D eigenvalue weighted by atomic mass is 16.5. The average molecular weight is 423 g/mol. The molecule has 2 aliphatic heterocycles. The third-order valence-electron chi connectivity index (χ3n) is 6.61. The van der Waals surface area contributed by atoms with Crippen LogP contribution in [0.15, 0.2) is 59.6 Å². The van der Waals surface area contributed by atoms with Gasteiger partial charge in [0, 0.05) is 51.4 Å². The van der Waals surface area contributed by atoms with E-state index < -0.39 is 0 Å². The van der Waals surface area contributed by atoms with Crippen LogP contribution in [0.3, 0.4) is 0 Å². The summed E-state index contributed by atoms with van der Waals surface area (Å²) in [5.41, 5.74) is 2.61. The summed E-state index contributed by atoms with van der Waals surface area (Å²) in [5, 5.41) is 7.26. The Morgan fingerprint density at radius 3 is 2.61 bits per heavy atom. The number of para-hydroxylation sites is 2. The predicted octanol–water partition coefficient (Wildman–Crippen LogP) is 3.19. The fourth-order valence-electron chi connectivity index (χ4n) is 4.75. The van der Waals surface area contributed by atoms with E-state index in [9.17, 15) is 0 Å². The van der Waals surface area contributed by atoms with Crippen LogP contribution >= 0.6 is 0 Å². The van der Waals surface area contributed by atoms with Crippen LogP contribution in [0.4, 0.5) is 5.69 Å². The van der Waals surface area contributed by atoms with Gasteiger partial charge in [0.15, 0.2) is 5.96 Å². The summed E-state index contributed by atoms with van der Waals surface area (Å²) in [6, 6.07) is 19.4. The maximum absolute atomic E-state index is 5.67. The van der Waals surface area contributed by atoms with E-state index in [2.05, 4.69) is 63.0 Å². The standard InChI is InChI=1S/C25H34N4O2/c1-26-24(27-19-25(13-16-31-17-14-25)20-8-4-3-5-9-20)28-21-12-15-29(18-21)22-10-6-7-11-23(22)30-2/h3-11,21H,12-19H2,1-2H3,(H2,26,27,28). The number of aliphatic imine (C=N–C) groups is 1. The number of anilines is 1. The maximum Gasteiger partial charge on any atom is 0.191 e. The van der Waals surface area contributed by atoms with Gasteiger partial charge in [0.1, 0.15) is 5.75 Å².